The van der Waals surface area contributed by atoms with Crippen LogP contribution in [0.3, 0.4) is 0 Å². The maximum Gasteiger partial charge on any atom is 0.0812 e. The van der Waals surface area contributed by atoms with Gasteiger partial charge in [0.1, 0.15) is 0 Å². The SMILES string of the molecule is C[Si](C)(C)c1c2ccc3c4c(ccc(c24)c2c4ccccc4n(-c4ccccc4)c12)c([Si](C)(C)C)c1c3c2ccccc2n1-c1ccccc1. The minimum absolute atomic E-state index is 1.22. The third-order valence-electron chi connectivity index (χ3n) is 11.0. The average Bonchev–Trinajstić information content (AvgIpc) is 3.63. The van der Waals surface area contributed by atoms with Crippen molar-refractivity contribution in [1.82, 2.24) is 9.13 Å². The van der Waals surface area contributed by atoms with Crippen LogP contribution >= 0.6 is 0 Å². The second-order valence-electron chi connectivity index (χ2n) is 16.1. The molecule has 0 fully saturated rings. The molecule has 0 aliphatic carbocycles. The predicted molar refractivity (Wildman–Crippen MR) is 225 cm³/mol. The molecular formula is C46H40N2Si2. The Kier molecular flexibility index (Phi) is 6.06. The molecule has 0 atom stereocenters. The Morgan fingerprint density at radius 2 is 0.660 bits per heavy atom. The van der Waals surface area contributed by atoms with Gasteiger partial charge in [-0.15, -0.1) is 0 Å². The molecule has 0 amide bonds. The monoisotopic (exact) mass is 676 g/mol. The van der Waals surface area contributed by atoms with Gasteiger partial charge in [-0.3, -0.25) is 0 Å². The highest BCUT2D eigenvalue weighted by atomic mass is 28.3. The van der Waals surface area contributed by atoms with Crippen molar-refractivity contribution in [3.8, 4) is 11.4 Å². The predicted octanol–water partition coefficient (Wildman–Crippen LogP) is 11.9. The Morgan fingerprint density at radius 1 is 0.320 bits per heavy atom. The summed E-state index contributed by atoms with van der Waals surface area (Å²) >= 11 is 0. The smallest absolute Gasteiger partial charge is 0.0812 e. The van der Waals surface area contributed by atoms with Gasteiger partial charge in [0.05, 0.1) is 38.2 Å². The fourth-order valence-corrected chi connectivity index (χ4v) is 13.2. The van der Waals surface area contributed by atoms with Crippen LogP contribution in [0.5, 0.6) is 0 Å². The van der Waals surface area contributed by atoms with E-state index in [-0.39, 0.29) is 0 Å². The molecule has 0 radical (unpaired) electrons. The number of fused-ring (bicyclic) bond motifs is 8. The fourth-order valence-electron chi connectivity index (χ4n) is 9.29. The third kappa shape index (κ3) is 3.89. The number of hydrogen-bond acceptors (Lipinski definition) is 0. The molecule has 10 rings (SSSR count). The van der Waals surface area contributed by atoms with Gasteiger partial charge < -0.3 is 9.13 Å². The van der Waals surface area contributed by atoms with E-state index in [1.807, 2.05) is 0 Å². The van der Waals surface area contributed by atoms with Gasteiger partial charge in [0, 0.05) is 32.9 Å². The van der Waals surface area contributed by atoms with Gasteiger partial charge in [-0.05, 0) is 79.1 Å². The minimum Gasteiger partial charge on any atom is -0.309 e. The van der Waals surface area contributed by atoms with Crippen LogP contribution in [0.15, 0.2) is 133 Å². The van der Waals surface area contributed by atoms with Crippen LogP contribution in [0, 0.1) is 0 Å². The summed E-state index contributed by atoms with van der Waals surface area (Å²) in [7, 11) is -3.84. The van der Waals surface area contributed by atoms with Gasteiger partial charge in [-0.25, -0.2) is 0 Å². The summed E-state index contributed by atoms with van der Waals surface area (Å²) in [6.07, 6.45) is 0. The molecule has 0 spiro atoms. The molecule has 10 aromatic rings. The molecule has 0 aliphatic rings. The first-order chi connectivity index (χ1) is 24.1. The van der Waals surface area contributed by atoms with Gasteiger partial charge in [0.25, 0.3) is 0 Å². The highest BCUT2D eigenvalue weighted by molar-refractivity contribution is 6.93. The molecule has 242 valence electrons. The molecule has 0 aliphatic heterocycles. The summed E-state index contributed by atoms with van der Waals surface area (Å²) in [6, 6.07) is 50.1. The van der Waals surface area contributed by atoms with E-state index in [2.05, 4.69) is 182 Å². The van der Waals surface area contributed by atoms with Crippen LogP contribution in [0.25, 0.3) is 87.3 Å². The number of para-hydroxylation sites is 4. The molecule has 0 N–H and O–H groups in total. The Balaban J connectivity index is 1.53. The van der Waals surface area contributed by atoms with E-state index in [1.165, 1.54) is 87.3 Å². The van der Waals surface area contributed by atoms with Crippen LogP contribution < -0.4 is 10.4 Å². The highest BCUT2D eigenvalue weighted by Crippen LogP contribution is 2.47. The Morgan fingerprint density at radius 3 is 1.04 bits per heavy atom. The summed E-state index contributed by atoms with van der Waals surface area (Å²) in [5, 5.41) is 17.0. The number of rotatable bonds is 4. The van der Waals surface area contributed by atoms with Crippen LogP contribution in [-0.2, 0) is 0 Å². The lowest BCUT2D eigenvalue weighted by Crippen LogP contribution is -2.40. The van der Waals surface area contributed by atoms with E-state index in [4.69, 9.17) is 0 Å². The Hall–Kier alpha value is -5.17. The zero-order valence-electron chi connectivity index (χ0n) is 29.6. The molecule has 0 bridgehead atoms. The number of nitrogens with zero attached hydrogens (tertiary/aromatic N) is 2. The quantitative estimate of drug-likeness (QED) is 0.130. The van der Waals surface area contributed by atoms with E-state index in [0.29, 0.717) is 0 Å². The van der Waals surface area contributed by atoms with E-state index in [1.54, 1.807) is 10.4 Å². The summed E-state index contributed by atoms with van der Waals surface area (Å²) in [5.41, 5.74) is 7.78. The van der Waals surface area contributed by atoms with Crippen molar-refractivity contribution in [3.05, 3.63) is 133 Å². The van der Waals surface area contributed by atoms with Crippen molar-refractivity contribution in [3.63, 3.8) is 0 Å². The normalized spacial score (nSPS) is 13.0. The second kappa shape index (κ2) is 10.2. The largest absolute Gasteiger partial charge is 0.309 e. The molecule has 8 aromatic carbocycles. The van der Waals surface area contributed by atoms with Crippen molar-refractivity contribution in [2.24, 2.45) is 0 Å². The van der Waals surface area contributed by atoms with E-state index >= 15 is 0 Å². The second-order valence-corrected chi connectivity index (χ2v) is 26.1. The molecular weight excluding hydrogens is 637 g/mol. The van der Waals surface area contributed by atoms with Gasteiger partial charge in [-0.2, -0.15) is 0 Å². The van der Waals surface area contributed by atoms with Crippen molar-refractivity contribution in [2.45, 2.75) is 39.3 Å². The number of aromatic nitrogens is 2. The Labute approximate surface area is 294 Å². The summed E-state index contributed by atoms with van der Waals surface area (Å²) in [5.74, 6) is 0. The number of hydrogen-bond donors (Lipinski definition) is 0. The minimum atomic E-state index is -1.92. The summed E-state index contributed by atoms with van der Waals surface area (Å²) < 4.78 is 5.12. The van der Waals surface area contributed by atoms with Gasteiger partial charge >= 0.3 is 0 Å². The van der Waals surface area contributed by atoms with Crippen LogP contribution in [-0.4, -0.2) is 25.3 Å². The van der Waals surface area contributed by atoms with Gasteiger partial charge in [-0.1, -0.05) is 136 Å². The summed E-state index contributed by atoms with van der Waals surface area (Å²) in [4.78, 5) is 0. The average molecular weight is 677 g/mol. The highest BCUT2D eigenvalue weighted by Gasteiger charge is 2.33. The van der Waals surface area contributed by atoms with Gasteiger partial charge in [0.15, 0.2) is 0 Å². The van der Waals surface area contributed by atoms with Crippen molar-refractivity contribution >= 4 is 102 Å². The standard InChI is InChI=1S/C46H40N2Si2/c1-49(2,3)45-35-27-25-34-40-36(46(50(4,5)6)44-42(34)32-22-14-16-24-38(32)48(44)30-19-11-8-12-20-30)28-26-33(39(35)40)41-31-21-13-15-23-37(31)47(43(41)45)29-17-9-7-10-18-29/h7-28H,1-6H3. The first kappa shape index (κ1) is 29.7. The maximum absolute atomic E-state index is 2.56. The molecule has 2 nitrogen and oxygen atoms in total. The third-order valence-corrected chi connectivity index (χ3v) is 15.0. The first-order valence-electron chi connectivity index (χ1n) is 17.9. The molecule has 2 aromatic heterocycles. The van der Waals surface area contributed by atoms with Crippen LogP contribution in [0.4, 0.5) is 0 Å². The van der Waals surface area contributed by atoms with Crippen molar-refractivity contribution in [2.75, 3.05) is 0 Å². The zero-order chi connectivity index (χ0) is 34.1. The topological polar surface area (TPSA) is 9.86 Å². The van der Waals surface area contributed by atoms with Crippen molar-refractivity contribution in [1.29, 1.82) is 0 Å². The van der Waals surface area contributed by atoms with Crippen LogP contribution in [0.1, 0.15) is 0 Å². The molecule has 0 saturated heterocycles. The van der Waals surface area contributed by atoms with Crippen molar-refractivity contribution < 1.29 is 0 Å². The molecule has 2 heterocycles. The zero-order valence-corrected chi connectivity index (χ0v) is 31.6. The van der Waals surface area contributed by atoms with E-state index < -0.39 is 16.1 Å². The lowest BCUT2D eigenvalue weighted by Gasteiger charge is -2.28. The van der Waals surface area contributed by atoms with Gasteiger partial charge in [0.2, 0.25) is 0 Å². The maximum atomic E-state index is 2.56. The molecule has 0 saturated carbocycles. The van der Waals surface area contributed by atoms with E-state index in [0.717, 1.165) is 0 Å². The lowest BCUT2D eigenvalue weighted by molar-refractivity contribution is 1.18. The summed E-state index contributed by atoms with van der Waals surface area (Å²) in [6.45, 7) is 15.2. The van der Waals surface area contributed by atoms with Crippen LogP contribution in [0.2, 0.25) is 39.3 Å². The molecule has 50 heavy (non-hydrogen) atoms. The molecule has 4 heteroatoms. The Bertz CT molecular complexity index is 2770. The molecule has 0 unspecified atom stereocenters. The first-order valence-corrected chi connectivity index (χ1v) is 24.9. The number of benzene rings is 8. The fraction of sp³-hybridized carbons (Fsp3) is 0.130. The van der Waals surface area contributed by atoms with E-state index in [9.17, 15) is 0 Å². The lowest BCUT2D eigenvalue weighted by atomic mass is 9.89.